The first-order valence-electron chi connectivity index (χ1n) is 11.8. The normalized spacial score (nSPS) is 30.6. The largest absolute Gasteiger partial charge is 0.490 e. The molecule has 2 saturated carbocycles. The standard InChI is InChI=1S/C27H25IN2O4/c1-2-33-22-11-16(10-21(28)25(22)34-14-15-6-4-3-5-7-15)13-29-30-26(31)23-17-8-9-18(20-12-19(17)20)24(23)27(30)32/h3-11,13,17-20,23-24H,2,12,14H2,1H3/b29-13-/t17-,18-,19-,20+,23-,24+/m0/s1. The average molecular weight is 568 g/mol. The molecule has 1 heterocycles. The van der Waals surface area contributed by atoms with Gasteiger partial charge in [-0.2, -0.15) is 10.1 Å². The van der Waals surface area contributed by atoms with Crippen LogP contribution in [0.5, 0.6) is 11.5 Å². The highest BCUT2D eigenvalue weighted by Crippen LogP contribution is 2.65. The van der Waals surface area contributed by atoms with Crippen LogP contribution in [0.1, 0.15) is 24.5 Å². The second-order valence-electron chi connectivity index (χ2n) is 9.42. The van der Waals surface area contributed by atoms with Crippen molar-refractivity contribution < 1.29 is 19.1 Å². The summed E-state index contributed by atoms with van der Waals surface area (Å²) in [5.41, 5.74) is 1.82. The van der Waals surface area contributed by atoms with Crippen LogP contribution >= 0.6 is 22.6 Å². The second kappa shape index (κ2) is 8.52. The van der Waals surface area contributed by atoms with Crippen molar-refractivity contribution in [2.24, 2.45) is 40.6 Å². The topological polar surface area (TPSA) is 68.2 Å². The summed E-state index contributed by atoms with van der Waals surface area (Å²) < 4.78 is 12.8. The number of carbonyl (C=O) groups is 2. The minimum atomic E-state index is -0.240. The molecular weight excluding hydrogens is 543 g/mol. The molecule has 2 bridgehead atoms. The zero-order valence-corrected chi connectivity index (χ0v) is 20.9. The van der Waals surface area contributed by atoms with E-state index in [-0.39, 0.29) is 35.5 Å². The van der Waals surface area contributed by atoms with Crippen molar-refractivity contribution in [2.75, 3.05) is 6.61 Å². The van der Waals surface area contributed by atoms with Gasteiger partial charge in [0.2, 0.25) is 0 Å². The minimum Gasteiger partial charge on any atom is -0.490 e. The summed E-state index contributed by atoms with van der Waals surface area (Å²) in [5.74, 6) is 2.05. The van der Waals surface area contributed by atoms with E-state index in [0.717, 1.165) is 26.1 Å². The van der Waals surface area contributed by atoms with E-state index in [4.69, 9.17) is 9.47 Å². The summed E-state index contributed by atoms with van der Waals surface area (Å²) in [4.78, 5) is 26.3. The Morgan fingerprint density at radius 3 is 2.35 bits per heavy atom. The molecule has 174 valence electrons. The molecule has 0 spiro atoms. The van der Waals surface area contributed by atoms with E-state index < -0.39 is 0 Å². The van der Waals surface area contributed by atoms with Gasteiger partial charge in [-0.1, -0.05) is 42.5 Å². The number of hydrazone groups is 1. The molecule has 2 aromatic rings. The highest BCUT2D eigenvalue weighted by Gasteiger charge is 2.67. The number of benzene rings is 2. The Morgan fingerprint density at radius 2 is 1.71 bits per heavy atom. The van der Waals surface area contributed by atoms with Crippen LogP contribution in [-0.2, 0) is 16.2 Å². The second-order valence-corrected chi connectivity index (χ2v) is 10.6. The van der Waals surface area contributed by atoms with Crippen LogP contribution < -0.4 is 9.47 Å². The zero-order valence-electron chi connectivity index (χ0n) is 18.8. The summed E-state index contributed by atoms with van der Waals surface area (Å²) in [7, 11) is 0. The smallest absolute Gasteiger partial charge is 0.254 e. The molecular formula is C27H25IN2O4. The van der Waals surface area contributed by atoms with Gasteiger partial charge >= 0.3 is 0 Å². The quantitative estimate of drug-likeness (QED) is 0.211. The number of carbonyl (C=O) groups excluding carboxylic acids is 2. The van der Waals surface area contributed by atoms with Crippen LogP contribution in [0.15, 0.2) is 59.7 Å². The molecule has 0 radical (unpaired) electrons. The lowest BCUT2D eigenvalue weighted by molar-refractivity contribution is -0.140. The number of rotatable bonds is 7. The molecule has 0 unspecified atom stereocenters. The molecule has 6 nitrogen and oxygen atoms in total. The SMILES string of the molecule is CCOc1cc(/C=N\N2C(=O)[C@@H]3[C@H]4C=C[C@@H]([C@@H]5C[C@H]45)[C@@H]3C2=O)cc(I)c1OCc1ccccc1. The zero-order chi connectivity index (χ0) is 23.4. The maximum absolute atomic E-state index is 13.1. The maximum Gasteiger partial charge on any atom is 0.254 e. The third kappa shape index (κ3) is 3.56. The van der Waals surface area contributed by atoms with E-state index in [2.05, 4.69) is 39.8 Å². The van der Waals surface area contributed by atoms with Crippen LogP contribution in [0.2, 0.25) is 0 Å². The third-order valence-electron chi connectivity index (χ3n) is 7.52. The van der Waals surface area contributed by atoms with Crippen molar-refractivity contribution in [3.05, 3.63) is 69.3 Å². The Hall–Kier alpha value is -2.68. The summed E-state index contributed by atoms with van der Waals surface area (Å²) in [6, 6.07) is 13.7. The molecule has 3 fully saturated rings. The van der Waals surface area contributed by atoms with Gasteiger partial charge in [-0.05, 0) is 82.9 Å². The van der Waals surface area contributed by atoms with Gasteiger partial charge in [0.15, 0.2) is 11.5 Å². The Bertz CT molecular complexity index is 1170. The lowest BCUT2D eigenvalue weighted by atomic mass is 9.63. The van der Waals surface area contributed by atoms with E-state index in [0.29, 0.717) is 36.5 Å². The Labute approximate surface area is 212 Å². The van der Waals surface area contributed by atoms with Gasteiger partial charge in [-0.15, -0.1) is 0 Å². The molecule has 6 atom stereocenters. The molecule has 5 aliphatic rings. The molecule has 0 aromatic heterocycles. The van der Waals surface area contributed by atoms with E-state index >= 15 is 0 Å². The highest BCUT2D eigenvalue weighted by molar-refractivity contribution is 14.1. The number of imide groups is 1. The predicted octanol–water partition coefficient (Wildman–Crippen LogP) is 4.66. The fourth-order valence-corrected chi connectivity index (χ4v) is 6.76. The van der Waals surface area contributed by atoms with Crippen molar-refractivity contribution in [2.45, 2.75) is 20.0 Å². The average Bonchev–Trinajstić information content (AvgIpc) is 3.62. The van der Waals surface area contributed by atoms with Gasteiger partial charge in [-0.25, -0.2) is 0 Å². The first-order valence-corrected chi connectivity index (χ1v) is 12.9. The number of ether oxygens (including phenoxy) is 2. The van der Waals surface area contributed by atoms with Gasteiger partial charge in [0, 0.05) is 0 Å². The molecule has 4 aliphatic carbocycles. The number of allylic oxidation sites excluding steroid dienone is 2. The number of amides is 2. The van der Waals surface area contributed by atoms with Crippen LogP contribution in [0.4, 0.5) is 0 Å². The number of halogens is 1. The molecule has 2 aromatic carbocycles. The number of nitrogens with zero attached hydrogens (tertiary/aromatic N) is 2. The predicted molar refractivity (Wildman–Crippen MR) is 135 cm³/mol. The fraction of sp³-hybridized carbons (Fsp3) is 0.370. The van der Waals surface area contributed by atoms with Crippen molar-refractivity contribution in [1.82, 2.24) is 5.01 Å². The molecule has 1 saturated heterocycles. The van der Waals surface area contributed by atoms with Crippen molar-refractivity contribution in [3.63, 3.8) is 0 Å². The van der Waals surface area contributed by atoms with E-state index in [1.54, 1.807) is 6.21 Å². The first kappa shape index (κ1) is 21.8. The Balaban J connectivity index is 1.22. The molecule has 0 N–H and O–H groups in total. The van der Waals surface area contributed by atoms with Gasteiger partial charge in [0.05, 0.1) is 28.2 Å². The lowest BCUT2D eigenvalue weighted by Gasteiger charge is -2.37. The van der Waals surface area contributed by atoms with Crippen molar-refractivity contribution in [3.8, 4) is 11.5 Å². The van der Waals surface area contributed by atoms with Crippen LogP contribution in [-0.4, -0.2) is 29.6 Å². The number of hydrogen-bond acceptors (Lipinski definition) is 5. The van der Waals surface area contributed by atoms with E-state index in [1.165, 1.54) is 0 Å². The summed E-state index contributed by atoms with van der Waals surface area (Å²) in [5, 5.41) is 5.47. The van der Waals surface area contributed by atoms with Crippen molar-refractivity contribution in [1.29, 1.82) is 0 Å². The van der Waals surface area contributed by atoms with Crippen molar-refractivity contribution >= 4 is 40.6 Å². The summed E-state index contributed by atoms with van der Waals surface area (Å²) >= 11 is 2.22. The van der Waals surface area contributed by atoms with Crippen LogP contribution in [0.3, 0.4) is 0 Å². The monoisotopic (exact) mass is 568 g/mol. The van der Waals surface area contributed by atoms with Gasteiger partial charge < -0.3 is 9.47 Å². The summed E-state index contributed by atoms with van der Waals surface area (Å²) in [6.45, 7) is 2.84. The number of hydrogen-bond donors (Lipinski definition) is 0. The van der Waals surface area contributed by atoms with E-state index in [1.807, 2.05) is 49.4 Å². The third-order valence-corrected chi connectivity index (χ3v) is 8.32. The molecule has 2 amide bonds. The molecule has 1 aliphatic heterocycles. The maximum atomic E-state index is 13.1. The Kier molecular flexibility index (Phi) is 5.47. The summed E-state index contributed by atoms with van der Waals surface area (Å²) in [6.07, 6.45) is 7.07. The van der Waals surface area contributed by atoms with Gasteiger partial charge in [0.1, 0.15) is 6.61 Å². The Morgan fingerprint density at radius 1 is 1.03 bits per heavy atom. The van der Waals surface area contributed by atoms with Gasteiger partial charge in [-0.3, -0.25) is 9.59 Å². The molecule has 7 rings (SSSR count). The lowest BCUT2D eigenvalue weighted by Crippen LogP contribution is -2.40. The van der Waals surface area contributed by atoms with Gasteiger partial charge in [0.25, 0.3) is 11.8 Å². The minimum absolute atomic E-state index is 0.154. The molecule has 34 heavy (non-hydrogen) atoms. The van der Waals surface area contributed by atoms with Crippen LogP contribution in [0.25, 0.3) is 0 Å². The first-order chi connectivity index (χ1) is 16.6. The fourth-order valence-electron chi connectivity index (χ4n) is 5.97. The highest BCUT2D eigenvalue weighted by atomic mass is 127. The van der Waals surface area contributed by atoms with Crippen LogP contribution in [0, 0.1) is 39.1 Å². The van der Waals surface area contributed by atoms with E-state index in [9.17, 15) is 9.59 Å². The molecule has 7 heteroatoms.